The van der Waals surface area contributed by atoms with Crippen molar-refractivity contribution >= 4 is 140 Å². The predicted octanol–water partition coefficient (Wildman–Crippen LogP) is 26.4. The molecule has 0 atom stereocenters. The van der Waals surface area contributed by atoms with Crippen LogP contribution in [0.1, 0.15) is 0 Å². The zero-order valence-electron chi connectivity index (χ0n) is 50.2. The van der Waals surface area contributed by atoms with Gasteiger partial charge in [-0.15, -0.1) is 11.3 Å². The molecule has 430 valence electrons. The lowest BCUT2D eigenvalue weighted by atomic mass is 9.83. The van der Waals surface area contributed by atoms with E-state index in [-0.39, 0.29) is 0 Å². The van der Waals surface area contributed by atoms with Crippen LogP contribution in [0.25, 0.3) is 207 Å². The van der Waals surface area contributed by atoms with Crippen molar-refractivity contribution in [2.45, 2.75) is 0 Å². The number of para-hydroxylation sites is 2. The first-order valence-electron chi connectivity index (χ1n) is 31.9. The number of fused-ring (bicyclic) bond motifs is 16. The highest BCUT2D eigenvalue weighted by Gasteiger charge is 2.24. The van der Waals surface area contributed by atoms with Gasteiger partial charge in [0.2, 0.25) is 0 Å². The van der Waals surface area contributed by atoms with Gasteiger partial charge in [-0.1, -0.05) is 261 Å². The third kappa shape index (κ3) is 7.94. The van der Waals surface area contributed by atoms with Crippen LogP contribution < -0.4 is 0 Å². The smallest absolute Gasteiger partial charge is 0.143 e. The average molecular weight is 1200 g/mol. The van der Waals surface area contributed by atoms with Crippen molar-refractivity contribution in [3.8, 4) is 77.9 Å². The van der Waals surface area contributed by atoms with Crippen LogP contribution in [-0.4, -0.2) is 0 Å². The molecule has 0 aliphatic heterocycles. The Labute approximate surface area is 538 Å². The molecule has 0 saturated carbocycles. The van der Waals surface area contributed by atoms with Gasteiger partial charge in [-0.05, 0) is 186 Å². The highest BCUT2D eigenvalue weighted by atomic mass is 32.1. The van der Waals surface area contributed by atoms with Gasteiger partial charge in [-0.25, -0.2) is 0 Å². The van der Waals surface area contributed by atoms with Gasteiger partial charge >= 0.3 is 0 Å². The van der Waals surface area contributed by atoms with Gasteiger partial charge in [0.05, 0.1) is 0 Å². The van der Waals surface area contributed by atoms with Crippen LogP contribution in [0.3, 0.4) is 0 Å². The molecule has 0 saturated heterocycles. The molecule has 0 aliphatic rings. The minimum absolute atomic E-state index is 0.871. The summed E-state index contributed by atoms with van der Waals surface area (Å²) in [5.74, 6) is 0. The molecule has 17 aromatic carbocycles. The Morgan fingerprint density at radius 1 is 0.194 bits per heavy atom. The van der Waals surface area contributed by atoms with Gasteiger partial charge in [0, 0.05) is 52.8 Å². The fourth-order valence-electron chi connectivity index (χ4n) is 15.7. The van der Waals surface area contributed by atoms with Crippen LogP contribution in [0.5, 0.6) is 0 Å². The fraction of sp³-hybridized carbons (Fsp3) is 0. The van der Waals surface area contributed by atoms with Crippen molar-refractivity contribution in [3.63, 3.8) is 0 Å². The summed E-state index contributed by atoms with van der Waals surface area (Å²) in [4.78, 5) is 0. The minimum Gasteiger partial charge on any atom is -0.456 e. The quantitative estimate of drug-likeness (QED) is 0.117. The van der Waals surface area contributed by atoms with E-state index >= 15 is 0 Å². The van der Waals surface area contributed by atoms with Gasteiger partial charge in [0.15, 0.2) is 0 Å². The third-order valence-electron chi connectivity index (χ3n) is 19.8. The largest absolute Gasteiger partial charge is 0.456 e. The molecule has 0 bridgehead atoms. The lowest BCUT2D eigenvalue weighted by Gasteiger charge is -2.20. The van der Waals surface area contributed by atoms with E-state index in [2.05, 4.69) is 303 Å². The second kappa shape index (κ2) is 20.3. The van der Waals surface area contributed by atoms with Crippen molar-refractivity contribution in [3.05, 3.63) is 315 Å². The number of hydrogen-bond donors (Lipinski definition) is 0. The summed E-state index contributed by atoms with van der Waals surface area (Å²) in [7, 11) is 0. The van der Waals surface area contributed by atoms with Crippen molar-refractivity contribution in [2.75, 3.05) is 0 Å². The Bertz CT molecular complexity index is 6440. The van der Waals surface area contributed by atoms with Crippen LogP contribution in [0.4, 0.5) is 0 Å². The highest BCUT2D eigenvalue weighted by molar-refractivity contribution is 7.26. The molecule has 0 radical (unpaired) electrons. The summed E-state index contributed by atoms with van der Waals surface area (Å²) in [5.41, 5.74) is 20.2. The standard InChI is InChI=1S/C90H52O2S/c1-2-21-61-59(18-1)51-80(64-23-4-3-22-63(61)64)88-73-31-11-9-29-71(73)87(72-30-10-12-32-74(72)88)77-36-17-35-76-79-50-56(44-47-84(79)93-90(76)77)57-42-45-66-75-34-16-33-62(89(75)92-83(66)52-57)58-19-15-20-60(48-58)86-69-27-7-5-25-67(69)85(68-26-6-8-28-70(68)86)54-40-38-53(39-41-54)55-43-46-82-78(49-55)65-24-13-14-37-81(65)91-82/h1-52H. The first-order valence-corrected chi connectivity index (χ1v) is 32.8. The number of thiophene rings is 1. The van der Waals surface area contributed by atoms with Gasteiger partial charge in [-0.3, -0.25) is 0 Å². The van der Waals surface area contributed by atoms with Crippen LogP contribution in [0.15, 0.2) is 324 Å². The van der Waals surface area contributed by atoms with Crippen LogP contribution in [-0.2, 0) is 0 Å². The lowest BCUT2D eigenvalue weighted by molar-refractivity contribution is 0.669. The van der Waals surface area contributed by atoms with E-state index < -0.39 is 0 Å². The van der Waals surface area contributed by atoms with E-state index in [1.807, 2.05) is 23.5 Å². The van der Waals surface area contributed by atoms with E-state index in [0.717, 1.165) is 71.7 Å². The number of benzene rings is 17. The maximum atomic E-state index is 7.07. The van der Waals surface area contributed by atoms with E-state index in [1.54, 1.807) is 0 Å². The van der Waals surface area contributed by atoms with Crippen molar-refractivity contribution in [1.29, 1.82) is 0 Å². The molecule has 93 heavy (non-hydrogen) atoms. The van der Waals surface area contributed by atoms with Crippen LogP contribution in [0, 0.1) is 0 Å². The number of hydrogen-bond acceptors (Lipinski definition) is 3. The Morgan fingerprint density at radius 2 is 0.656 bits per heavy atom. The maximum absolute atomic E-state index is 7.07. The highest BCUT2D eigenvalue weighted by Crippen LogP contribution is 2.51. The van der Waals surface area contributed by atoms with Crippen LogP contribution >= 0.6 is 11.3 Å². The Hall–Kier alpha value is -11.9. The zero-order chi connectivity index (χ0) is 60.8. The molecule has 0 unspecified atom stereocenters. The fourth-order valence-corrected chi connectivity index (χ4v) is 16.9. The molecule has 3 heteroatoms. The molecule has 20 aromatic rings. The Balaban J connectivity index is 0.663. The van der Waals surface area contributed by atoms with Crippen molar-refractivity contribution in [2.24, 2.45) is 0 Å². The summed E-state index contributed by atoms with van der Waals surface area (Å²) >= 11 is 1.89. The predicted molar refractivity (Wildman–Crippen MR) is 397 cm³/mol. The lowest BCUT2D eigenvalue weighted by Crippen LogP contribution is -1.92. The molecule has 20 rings (SSSR count). The van der Waals surface area contributed by atoms with Gasteiger partial charge in [-0.2, -0.15) is 0 Å². The number of furan rings is 2. The first kappa shape index (κ1) is 51.9. The molecule has 0 N–H and O–H groups in total. The minimum atomic E-state index is 0.871. The second-order valence-corrected chi connectivity index (χ2v) is 25.9. The third-order valence-corrected chi connectivity index (χ3v) is 21.1. The molecular weight excluding hydrogens is 1150 g/mol. The number of rotatable bonds is 7. The van der Waals surface area contributed by atoms with E-state index in [9.17, 15) is 0 Å². The van der Waals surface area contributed by atoms with Crippen LogP contribution in [0.2, 0.25) is 0 Å². The van der Waals surface area contributed by atoms with Crippen molar-refractivity contribution in [1.82, 2.24) is 0 Å². The summed E-state index contributed by atoms with van der Waals surface area (Å²) < 4.78 is 15.8. The monoisotopic (exact) mass is 1200 g/mol. The zero-order valence-corrected chi connectivity index (χ0v) is 51.1. The van der Waals surface area contributed by atoms with E-state index in [1.165, 1.54) is 135 Å². The average Bonchev–Trinajstić information content (AvgIpc) is 1.07. The van der Waals surface area contributed by atoms with Gasteiger partial charge in [0.25, 0.3) is 0 Å². The summed E-state index contributed by atoms with van der Waals surface area (Å²) in [5, 5.41) is 22.0. The topological polar surface area (TPSA) is 26.3 Å². The van der Waals surface area contributed by atoms with Crippen molar-refractivity contribution < 1.29 is 8.83 Å². The molecule has 0 spiro atoms. The Morgan fingerprint density at radius 3 is 1.37 bits per heavy atom. The second-order valence-electron chi connectivity index (χ2n) is 24.8. The Kier molecular flexibility index (Phi) is 11.3. The van der Waals surface area contributed by atoms with E-state index in [0.29, 0.717) is 0 Å². The first-order chi connectivity index (χ1) is 46.1. The molecule has 2 nitrogen and oxygen atoms in total. The molecule has 0 aliphatic carbocycles. The van der Waals surface area contributed by atoms with E-state index in [4.69, 9.17) is 8.83 Å². The summed E-state index contributed by atoms with van der Waals surface area (Å²) in [6, 6.07) is 116. The molecule has 0 amide bonds. The molecular formula is C90H52O2S. The SMILES string of the molecule is c1cc(-c2c3ccccc3c(-c3ccc(-c4ccc5oc6ccccc6c5c4)cc3)c3ccccc23)cc(-c2cccc3c2oc2cc(-c4ccc5sc6c(-c7c8ccccc8c(-c8cc9ccccc9c9ccccc89)c8ccccc78)cccc6c5c4)ccc23)c1. The summed E-state index contributed by atoms with van der Waals surface area (Å²) in [6.07, 6.45) is 0. The van der Waals surface area contributed by atoms with Gasteiger partial charge < -0.3 is 8.83 Å². The molecule has 3 heterocycles. The normalized spacial score (nSPS) is 12.1. The van der Waals surface area contributed by atoms with Gasteiger partial charge in [0.1, 0.15) is 22.3 Å². The molecule has 0 fully saturated rings. The molecule has 3 aromatic heterocycles. The maximum Gasteiger partial charge on any atom is 0.143 e. The summed E-state index contributed by atoms with van der Waals surface area (Å²) in [6.45, 7) is 0.